The van der Waals surface area contributed by atoms with Crippen LogP contribution < -0.4 is 5.32 Å². The van der Waals surface area contributed by atoms with Gasteiger partial charge in [-0.2, -0.15) is 5.10 Å². The Kier molecular flexibility index (Phi) is 4.26. The molecule has 0 saturated carbocycles. The highest BCUT2D eigenvalue weighted by molar-refractivity contribution is 5.53. The predicted molar refractivity (Wildman–Crippen MR) is 84.2 cm³/mol. The lowest BCUT2D eigenvalue weighted by Gasteiger charge is -2.15. The van der Waals surface area contributed by atoms with Crippen LogP contribution in [-0.2, 0) is 6.42 Å². The third kappa shape index (κ3) is 3.11. The van der Waals surface area contributed by atoms with E-state index in [0.29, 0.717) is 6.04 Å². The fourth-order valence-corrected chi connectivity index (χ4v) is 2.73. The average Bonchev–Trinajstić information content (AvgIpc) is 2.97. The maximum Gasteiger partial charge on any atom is 0.0892 e. The monoisotopic (exact) mass is 280 g/mol. The molecule has 0 bridgehead atoms. The van der Waals surface area contributed by atoms with E-state index in [1.54, 1.807) is 6.20 Å². The van der Waals surface area contributed by atoms with Gasteiger partial charge in [0.2, 0.25) is 0 Å². The Balaban J connectivity index is 1.68. The molecule has 2 aromatic heterocycles. The van der Waals surface area contributed by atoms with E-state index in [-0.39, 0.29) is 0 Å². The van der Waals surface area contributed by atoms with E-state index in [1.165, 1.54) is 11.1 Å². The van der Waals surface area contributed by atoms with Crippen molar-refractivity contribution in [2.45, 2.75) is 25.3 Å². The zero-order valence-electron chi connectivity index (χ0n) is 12.2. The first-order chi connectivity index (χ1) is 10.4. The molecule has 2 heterocycles. The smallest absolute Gasteiger partial charge is 0.0892 e. The SMILES string of the molecule is CNC(CCCc1ccccc1)c1cnn2ccncc12. The molecule has 0 aliphatic carbocycles. The van der Waals surface area contributed by atoms with Gasteiger partial charge in [-0.25, -0.2) is 4.52 Å². The molecule has 1 aromatic carbocycles. The molecule has 1 unspecified atom stereocenters. The minimum Gasteiger partial charge on any atom is -0.313 e. The van der Waals surface area contributed by atoms with Crippen LogP contribution in [0.25, 0.3) is 5.52 Å². The number of hydrogen-bond donors (Lipinski definition) is 1. The summed E-state index contributed by atoms with van der Waals surface area (Å²) in [6, 6.07) is 11.0. The number of benzene rings is 1. The number of rotatable bonds is 6. The number of nitrogens with one attached hydrogen (secondary N) is 1. The summed E-state index contributed by atoms with van der Waals surface area (Å²) in [5, 5.41) is 7.79. The molecule has 3 rings (SSSR count). The molecule has 0 amide bonds. The van der Waals surface area contributed by atoms with Gasteiger partial charge in [0.1, 0.15) is 0 Å². The van der Waals surface area contributed by atoms with Crippen LogP contribution in [0.5, 0.6) is 0 Å². The fraction of sp³-hybridized carbons (Fsp3) is 0.294. The number of aromatic nitrogens is 3. The van der Waals surface area contributed by atoms with Gasteiger partial charge in [-0.15, -0.1) is 0 Å². The minimum atomic E-state index is 0.315. The van der Waals surface area contributed by atoms with E-state index in [2.05, 4.69) is 45.7 Å². The van der Waals surface area contributed by atoms with Crippen molar-refractivity contribution in [2.24, 2.45) is 0 Å². The molecule has 4 nitrogen and oxygen atoms in total. The molecule has 0 aliphatic heterocycles. The van der Waals surface area contributed by atoms with Crippen molar-refractivity contribution in [2.75, 3.05) is 7.05 Å². The molecule has 3 aromatic rings. The molecule has 0 fully saturated rings. The summed E-state index contributed by atoms with van der Waals surface area (Å²) in [6.07, 6.45) is 10.8. The van der Waals surface area contributed by atoms with Crippen LogP contribution in [0.3, 0.4) is 0 Å². The Morgan fingerprint density at radius 2 is 2.05 bits per heavy atom. The summed E-state index contributed by atoms with van der Waals surface area (Å²) in [5.74, 6) is 0. The van der Waals surface area contributed by atoms with Crippen molar-refractivity contribution < 1.29 is 0 Å². The Morgan fingerprint density at radius 3 is 2.86 bits per heavy atom. The first-order valence-electron chi connectivity index (χ1n) is 7.37. The Hall–Kier alpha value is -2.20. The van der Waals surface area contributed by atoms with Crippen LogP contribution in [-0.4, -0.2) is 21.6 Å². The molecule has 0 radical (unpaired) electrons. The van der Waals surface area contributed by atoms with Gasteiger partial charge in [-0.3, -0.25) is 4.98 Å². The zero-order chi connectivity index (χ0) is 14.5. The summed E-state index contributed by atoms with van der Waals surface area (Å²) in [7, 11) is 2.01. The van der Waals surface area contributed by atoms with Gasteiger partial charge in [-0.1, -0.05) is 30.3 Å². The van der Waals surface area contributed by atoms with Crippen LogP contribution in [0.4, 0.5) is 0 Å². The van der Waals surface area contributed by atoms with Gasteiger partial charge in [0.25, 0.3) is 0 Å². The van der Waals surface area contributed by atoms with Crippen molar-refractivity contribution in [1.82, 2.24) is 19.9 Å². The summed E-state index contributed by atoms with van der Waals surface area (Å²) in [4.78, 5) is 4.20. The Morgan fingerprint density at radius 1 is 1.19 bits per heavy atom. The van der Waals surface area contributed by atoms with E-state index < -0.39 is 0 Å². The molecule has 0 aliphatic rings. The summed E-state index contributed by atoms with van der Waals surface area (Å²) in [6.45, 7) is 0. The number of hydrogen-bond acceptors (Lipinski definition) is 3. The highest BCUT2D eigenvalue weighted by Crippen LogP contribution is 2.23. The fourth-order valence-electron chi connectivity index (χ4n) is 2.73. The van der Waals surface area contributed by atoms with Gasteiger partial charge in [-0.05, 0) is 31.9 Å². The van der Waals surface area contributed by atoms with Crippen LogP contribution in [0, 0.1) is 0 Å². The molecule has 108 valence electrons. The van der Waals surface area contributed by atoms with Crippen LogP contribution >= 0.6 is 0 Å². The van der Waals surface area contributed by atoms with Crippen LogP contribution in [0.1, 0.15) is 30.0 Å². The van der Waals surface area contributed by atoms with Gasteiger partial charge in [0.05, 0.1) is 17.9 Å². The lowest BCUT2D eigenvalue weighted by molar-refractivity contribution is 0.530. The average molecular weight is 280 g/mol. The zero-order valence-corrected chi connectivity index (χ0v) is 12.2. The van der Waals surface area contributed by atoms with Crippen molar-refractivity contribution >= 4 is 5.52 Å². The van der Waals surface area contributed by atoms with Gasteiger partial charge in [0.15, 0.2) is 0 Å². The summed E-state index contributed by atoms with van der Waals surface area (Å²) < 4.78 is 1.88. The quantitative estimate of drug-likeness (QED) is 0.754. The highest BCUT2D eigenvalue weighted by Gasteiger charge is 2.14. The molecule has 1 N–H and O–H groups in total. The largest absolute Gasteiger partial charge is 0.313 e. The second-order valence-corrected chi connectivity index (χ2v) is 5.23. The molecule has 0 saturated heterocycles. The standard InChI is InChI=1S/C17H20N4/c1-18-16(9-5-8-14-6-3-2-4-7-14)15-12-20-21-11-10-19-13-17(15)21/h2-4,6-7,10-13,16,18H,5,8-9H2,1H3. The first-order valence-corrected chi connectivity index (χ1v) is 7.37. The van der Waals surface area contributed by atoms with Crippen molar-refractivity contribution in [3.63, 3.8) is 0 Å². The third-order valence-electron chi connectivity index (χ3n) is 3.88. The van der Waals surface area contributed by atoms with E-state index in [1.807, 2.05) is 30.2 Å². The maximum absolute atomic E-state index is 4.39. The van der Waals surface area contributed by atoms with Crippen molar-refractivity contribution in [3.05, 3.63) is 66.2 Å². The number of nitrogens with zero attached hydrogens (tertiary/aromatic N) is 3. The lowest BCUT2D eigenvalue weighted by atomic mass is 10.0. The van der Waals surface area contributed by atoms with Crippen LogP contribution in [0.2, 0.25) is 0 Å². The van der Waals surface area contributed by atoms with Crippen LogP contribution in [0.15, 0.2) is 55.1 Å². The molecular weight excluding hydrogens is 260 g/mol. The topological polar surface area (TPSA) is 42.2 Å². The molecule has 1 atom stereocenters. The second kappa shape index (κ2) is 6.50. The predicted octanol–water partition coefficient (Wildman–Crippen LogP) is 3.01. The van der Waals surface area contributed by atoms with Crippen molar-refractivity contribution in [1.29, 1.82) is 0 Å². The van der Waals surface area contributed by atoms with E-state index in [4.69, 9.17) is 0 Å². The third-order valence-corrected chi connectivity index (χ3v) is 3.88. The molecule has 21 heavy (non-hydrogen) atoms. The molecular formula is C17H20N4. The lowest BCUT2D eigenvalue weighted by Crippen LogP contribution is -2.16. The number of aryl methyl sites for hydroxylation is 1. The highest BCUT2D eigenvalue weighted by atomic mass is 15.2. The van der Waals surface area contributed by atoms with Crippen molar-refractivity contribution in [3.8, 4) is 0 Å². The molecule has 4 heteroatoms. The van der Waals surface area contributed by atoms with E-state index in [0.717, 1.165) is 24.8 Å². The van der Waals surface area contributed by atoms with Gasteiger partial charge < -0.3 is 5.32 Å². The summed E-state index contributed by atoms with van der Waals surface area (Å²) in [5.41, 5.74) is 3.70. The van der Waals surface area contributed by atoms with Gasteiger partial charge in [0, 0.05) is 24.0 Å². The first kappa shape index (κ1) is 13.8. The molecule has 0 spiro atoms. The Labute approximate surface area is 124 Å². The van der Waals surface area contributed by atoms with E-state index >= 15 is 0 Å². The summed E-state index contributed by atoms with van der Waals surface area (Å²) >= 11 is 0. The van der Waals surface area contributed by atoms with Gasteiger partial charge >= 0.3 is 0 Å². The maximum atomic E-state index is 4.39. The number of fused-ring (bicyclic) bond motifs is 1. The normalized spacial score (nSPS) is 12.6. The second-order valence-electron chi connectivity index (χ2n) is 5.23. The Bertz CT molecular complexity index is 690. The van der Waals surface area contributed by atoms with E-state index in [9.17, 15) is 0 Å². The minimum absolute atomic E-state index is 0.315.